The molecule has 0 aliphatic heterocycles. The average molecular weight is 288 g/mol. The zero-order valence-corrected chi connectivity index (χ0v) is 11.4. The smallest absolute Gasteiger partial charge is 0.326 e. The van der Waals surface area contributed by atoms with Gasteiger partial charge < -0.3 is 27.2 Å². The van der Waals surface area contributed by atoms with E-state index >= 15 is 0 Å². The lowest BCUT2D eigenvalue weighted by molar-refractivity contribution is -0.143. The maximum atomic E-state index is 12.0. The van der Waals surface area contributed by atoms with Crippen molar-refractivity contribution in [2.24, 2.45) is 17.4 Å². The van der Waals surface area contributed by atoms with Crippen LogP contribution in [0.2, 0.25) is 0 Å². The van der Waals surface area contributed by atoms with Crippen LogP contribution in [0.25, 0.3) is 0 Å². The number of hydrogen-bond acceptors (Lipinski definition) is 4. The minimum atomic E-state index is -1.44. The van der Waals surface area contributed by atoms with Crippen LogP contribution in [0.1, 0.15) is 26.7 Å². The maximum absolute atomic E-state index is 12.0. The number of urea groups is 1. The minimum absolute atomic E-state index is 0.259. The van der Waals surface area contributed by atoms with Gasteiger partial charge in [0, 0.05) is 0 Å². The number of carbonyl (C=O) groups excluding carboxylic acids is 3. The number of nitrogens with two attached hydrogens (primary N) is 2. The Morgan fingerprint density at radius 3 is 2.05 bits per heavy atom. The quantitative estimate of drug-likeness (QED) is 0.366. The molecule has 0 aliphatic rings. The second-order valence-electron chi connectivity index (χ2n) is 4.44. The third kappa shape index (κ3) is 6.03. The lowest BCUT2D eigenvalue weighted by Crippen LogP contribution is -2.55. The van der Waals surface area contributed by atoms with E-state index in [0.717, 1.165) is 0 Å². The molecule has 0 spiro atoms. The van der Waals surface area contributed by atoms with E-state index in [4.69, 9.17) is 16.6 Å². The Labute approximate surface area is 116 Å². The standard InChI is InChI=1S/C11H20N4O5/c1-3-5(2)8(15-11(13)20)9(17)14-6(10(18)19)4-7(12)16/h5-6,8H,3-4H2,1-2H3,(H2,12,16)(H,14,17)(H,18,19)(H3,13,15,20)/t5?,6-,8?/m0/s1. The number of primary amides is 2. The van der Waals surface area contributed by atoms with Gasteiger partial charge in [0.15, 0.2) is 0 Å². The van der Waals surface area contributed by atoms with Gasteiger partial charge >= 0.3 is 12.0 Å². The molecule has 114 valence electrons. The Kier molecular flexibility index (Phi) is 7.05. The molecule has 9 heteroatoms. The summed E-state index contributed by atoms with van der Waals surface area (Å²) in [7, 11) is 0. The van der Waals surface area contributed by atoms with Crippen molar-refractivity contribution in [1.29, 1.82) is 0 Å². The zero-order chi connectivity index (χ0) is 15.9. The van der Waals surface area contributed by atoms with E-state index in [1.807, 2.05) is 0 Å². The highest BCUT2D eigenvalue weighted by atomic mass is 16.4. The van der Waals surface area contributed by atoms with Crippen LogP contribution in [0.15, 0.2) is 0 Å². The van der Waals surface area contributed by atoms with Crippen LogP contribution in [-0.2, 0) is 14.4 Å². The van der Waals surface area contributed by atoms with Gasteiger partial charge in [-0.15, -0.1) is 0 Å². The lowest BCUT2D eigenvalue weighted by Gasteiger charge is -2.24. The second-order valence-corrected chi connectivity index (χ2v) is 4.44. The number of amides is 4. The van der Waals surface area contributed by atoms with E-state index in [0.29, 0.717) is 6.42 Å². The van der Waals surface area contributed by atoms with Gasteiger partial charge in [-0.05, 0) is 5.92 Å². The predicted octanol–water partition coefficient (Wildman–Crippen LogP) is -1.49. The molecule has 0 aliphatic carbocycles. The molecule has 20 heavy (non-hydrogen) atoms. The Morgan fingerprint density at radius 1 is 1.15 bits per heavy atom. The van der Waals surface area contributed by atoms with Gasteiger partial charge in [-0.1, -0.05) is 20.3 Å². The lowest BCUT2D eigenvalue weighted by atomic mass is 9.98. The van der Waals surface area contributed by atoms with Crippen molar-refractivity contribution in [3.05, 3.63) is 0 Å². The molecule has 0 aromatic heterocycles. The Balaban J connectivity index is 4.91. The summed E-state index contributed by atoms with van der Waals surface area (Å²) < 4.78 is 0. The van der Waals surface area contributed by atoms with Gasteiger partial charge in [0.1, 0.15) is 12.1 Å². The van der Waals surface area contributed by atoms with Crippen LogP contribution >= 0.6 is 0 Å². The number of aliphatic carboxylic acids is 1. The first-order chi connectivity index (χ1) is 9.18. The zero-order valence-electron chi connectivity index (χ0n) is 11.4. The molecular weight excluding hydrogens is 268 g/mol. The molecule has 0 rings (SSSR count). The summed E-state index contributed by atoms with van der Waals surface area (Å²) in [6, 6.07) is -3.32. The van der Waals surface area contributed by atoms with Gasteiger partial charge in [-0.2, -0.15) is 0 Å². The van der Waals surface area contributed by atoms with Crippen LogP contribution in [0, 0.1) is 5.92 Å². The third-order valence-electron chi connectivity index (χ3n) is 2.81. The summed E-state index contributed by atoms with van der Waals surface area (Å²) >= 11 is 0. The topological polar surface area (TPSA) is 165 Å². The summed E-state index contributed by atoms with van der Waals surface area (Å²) in [4.78, 5) is 44.5. The first-order valence-electron chi connectivity index (χ1n) is 6.06. The normalized spacial score (nSPS) is 14.7. The molecule has 0 heterocycles. The monoisotopic (exact) mass is 288 g/mol. The highest BCUT2D eigenvalue weighted by molar-refractivity contribution is 5.91. The number of carbonyl (C=O) groups is 4. The Bertz CT molecular complexity index is 398. The minimum Gasteiger partial charge on any atom is -0.480 e. The summed E-state index contributed by atoms with van der Waals surface area (Å²) in [6.07, 6.45) is 0.0246. The molecule has 2 unspecified atom stereocenters. The van der Waals surface area contributed by atoms with E-state index in [-0.39, 0.29) is 5.92 Å². The van der Waals surface area contributed by atoms with Crippen molar-refractivity contribution >= 4 is 23.8 Å². The maximum Gasteiger partial charge on any atom is 0.326 e. The third-order valence-corrected chi connectivity index (χ3v) is 2.81. The number of rotatable bonds is 8. The molecule has 0 saturated heterocycles. The molecule has 0 aromatic rings. The molecule has 0 bridgehead atoms. The Morgan fingerprint density at radius 2 is 1.70 bits per heavy atom. The highest BCUT2D eigenvalue weighted by Crippen LogP contribution is 2.08. The molecular formula is C11H20N4O5. The Hall–Kier alpha value is -2.32. The molecule has 0 fully saturated rings. The van der Waals surface area contributed by atoms with Gasteiger partial charge in [0.25, 0.3) is 0 Å². The predicted molar refractivity (Wildman–Crippen MR) is 69.3 cm³/mol. The van der Waals surface area contributed by atoms with Crippen LogP contribution < -0.4 is 22.1 Å². The van der Waals surface area contributed by atoms with Crippen molar-refractivity contribution in [3.63, 3.8) is 0 Å². The van der Waals surface area contributed by atoms with Crippen LogP contribution in [0.4, 0.5) is 4.79 Å². The van der Waals surface area contributed by atoms with Gasteiger partial charge in [0.05, 0.1) is 6.42 Å². The number of carboxylic acids is 1. The first kappa shape index (κ1) is 17.7. The molecule has 0 aromatic carbocycles. The van der Waals surface area contributed by atoms with Gasteiger partial charge in [0.2, 0.25) is 11.8 Å². The van der Waals surface area contributed by atoms with Crippen molar-refractivity contribution < 1.29 is 24.3 Å². The van der Waals surface area contributed by atoms with Crippen molar-refractivity contribution in [2.75, 3.05) is 0 Å². The van der Waals surface area contributed by atoms with Crippen molar-refractivity contribution in [3.8, 4) is 0 Å². The second kappa shape index (κ2) is 7.97. The van der Waals surface area contributed by atoms with Crippen LogP contribution in [0.3, 0.4) is 0 Å². The molecule has 3 atom stereocenters. The van der Waals surface area contributed by atoms with E-state index in [1.165, 1.54) is 0 Å². The molecule has 9 nitrogen and oxygen atoms in total. The SMILES string of the molecule is CCC(C)C(NC(N)=O)C(=O)N[C@@H](CC(N)=O)C(=O)O. The molecule has 0 saturated carbocycles. The fourth-order valence-corrected chi connectivity index (χ4v) is 1.52. The summed E-state index contributed by atoms with van der Waals surface area (Å²) in [5.74, 6) is -3.24. The first-order valence-corrected chi connectivity index (χ1v) is 6.06. The van der Waals surface area contributed by atoms with E-state index in [9.17, 15) is 19.2 Å². The molecule has 7 N–H and O–H groups in total. The largest absolute Gasteiger partial charge is 0.480 e. The summed E-state index contributed by atoms with van der Waals surface area (Å²) in [5, 5.41) is 13.3. The average Bonchev–Trinajstić information content (AvgIpc) is 2.33. The van der Waals surface area contributed by atoms with Crippen molar-refractivity contribution in [1.82, 2.24) is 10.6 Å². The number of carboxylic acid groups (broad SMARTS) is 1. The summed E-state index contributed by atoms with van der Waals surface area (Å²) in [5.41, 5.74) is 9.88. The van der Waals surface area contributed by atoms with Crippen molar-refractivity contribution in [2.45, 2.75) is 38.8 Å². The van der Waals surface area contributed by atoms with E-state index in [2.05, 4.69) is 10.6 Å². The van der Waals surface area contributed by atoms with E-state index < -0.39 is 42.3 Å². The fourth-order valence-electron chi connectivity index (χ4n) is 1.52. The molecule has 0 radical (unpaired) electrons. The number of nitrogens with one attached hydrogen (secondary N) is 2. The number of hydrogen-bond donors (Lipinski definition) is 5. The van der Waals surface area contributed by atoms with Crippen LogP contribution in [0.5, 0.6) is 0 Å². The van der Waals surface area contributed by atoms with E-state index in [1.54, 1.807) is 13.8 Å². The van der Waals surface area contributed by atoms with Crippen LogP contribution in [-0.4, -0.2) is 41.0 Å². The van der Waals surface area contributed by atoms with Gasteiger partial charge in [-0.25, -0.2) is 9.59 Å². The highest BCUT2D eigenvalue weighted by Gasteiger charge is 2.29. The summed E-state index contributed by atoms with van der Waals surface area (Å²) in [6.45, 7) is 3.50. The fraction of sp³-hybridized carbons (Fsp3) is 0.636. The molecule has 4 amide bonds. The van der Waals surface area contributed by atoms with Gasteiger partial charge in [-0.3, -0.25) is 9.59 Å².